The molecule has 0 aromatic heterocycles. The number of hydrogen-bond donors (Lipinski definition) is 1. The molecule has 0 unspecified atom stereocenters. The Morgan fingerprint density at radius 1 is 1.19 bits per heavy atom. The molecule has 0 aromatic carbocycles. The van der Waals surface area contributed by atoms with E-state index < -0.39 is 7.60 Å². The van der Waals surface area contributed by atoms with E-state index in [-0.39, 0.29) is 0 Å². The van der Waals surface area contributed by atoms with Crippen molar-refractivity contribution in [2.75, 3.05) is 52.1 Å². The van der Waals surface area contributed by atoms with Gasteiger partial charge in [-0.1, -0.05) is 0 Å². The second kappa shape index (κ2) is 7.41. The SMILES string of the molecule is CCOP(=O)(CCN1CCNCC1)OCC. The molecule has 1 N–H and O–H groups in total. The molecule has 1 aliphatic rings. The number of piperazine rings is 1. The summed E-state index contributed by atoms with van der Waals surface area (Å²) in [7, 11) is -2.85. The molecule has 1 aliphatic heterocycles. The van der Waals surface area contributed by atoms with E-state index in [1.807, 2.05) is 13.8 Å². The minimum Gasteiger partial charge on any atom is -0.314 e. The van der Waals surface area contributed by atoms with Gasteiger partial charge in [0, 0.05) is 32.7 Å². The van der Waals surface area contributed by atoms with Crippen molar-refractivity contribution in [3.63, 3.8) is 0 Å². The molecule has 6 heteroatoms. The van der Waals surface area contributed by atoms with E-state index >= 15 is 0 Å². The Bertz CT molecular complexity index is 222. The molecular weight excluding hydrogens is 227 g/mol. The van der Waals surface area contributed by atoms with E-state index in [0.717, 1.165) is 32.7 Å². The number of nitrogens with one attached hydrogen (secondary N) is 1. The first-order chi connectivity index (χ1) is 7.70. The van der Waals surface area contributed by atoms with Crippen LogP contribution < -0.4 is 5.32 Å². The fourth-order valence-electron chi connectivity index (χ4n) is 1.76. The highest BCUT2D eigenvalue weighted by Crippen LogP contribution is 2.47. The zero-order valence-corrected chi connectivity index (χ0v) is 11.2. The maximum Gasteiger partial charge on any atom is 0.331 e. The van der Waals surface area contributed by atoms with Gasteiger partial charge in [-0.05, 0) is 13.8 Å². The average Bonchev–Trinajstić information content (AvgIpc) is 2.29. The van der Waals surface area contributed by atoms with Gasteiger partial charge in [0.1, 0.15) is 0 Å². The summed E-state index contributed by atoms with van der Waals surface area (Å²) in [4.78, 5) is 2.29. The van der Waals surface area contributed by atoms with Crippen LogP contribution in [0.5, 0.6) is 0 Å². The fraction of sp³-hybridized carbons (Fsp3) is 1.00. The van der Waals surface area contributed by atoms with Gasteiger partial charge in [0.25, 0.3) is 0 Å². The zero-order valence-electron chi connectivity index (χ0n) is 10.3. The van der Waals surface area contributed by atoms with Gasteiger partial charge in [-0.3, -0.25) is 4.57 Å². The van der Waals surface area contributed by atoms with Crippen molar-refractivity contribution < 1.29 is 13.6 Å². The average molecular weight is 250 g/mol. The summed E-state index contributed by atoms with van der Waals surface area (Å²) < 4.78 is 22.7. The molecule has 0 bridgehead atoms. The summed E-state index contributed by atoms with van der Waals surface area (Å²) in [5.41, 5.74) is 0. The lowest BCUT2D eigenvalue weighted by molar-refractivity contribution is 0.207. The number of rotatable bonds is 7. The molecule has 0 aliphatic carbocycles. The van der Waals surface area contributed by atoms with Gasteiger partial charge in [0.05, 0.1) is 19.4 Å². The Kier molecular flexibility index (Phi) is 6.54. The van der Waals surface area contributed by atoms with Crippen LogP contribution in [0.2, 0.25) is 0 Å². The van der Waals surface area contributed by atoms with Crippen molar-refractivity contribution in [1.29, 1.82) is 0 Å². The third-order valence-corrected chi connectivity index (χ3v) is 4.60. The Morgan fingerprint density at radius 3 is 2.25 bits per heavy atom. The van der Waals surface area contributed by atoms with Crippen LogP contribution in [0.4, 0.5) is 0 Å². The summed E-state index contributed by atoms with van der Waals surface area (Å²) in [6.07, 6.45) is 0.495. The topological polar surface area (TPSA) is 50.8 Å². The van der Waals surface area contributed by atoms with Crippen LogP contribution in [-0.4, -0.2) is 57.0 Å². The summed E-state index contributed by atoms with van der Waals surface area (Å²) in [5.74, 6) is 0. The quantitative estimate of drug-likeness (QED) is 0.687. The first-order valence-corrected chi connectivity index (χ1v) is 7.74. The van der Waals surface area contributed by atoms with Crippen LogP contribution >= 0.6 is 7.60 Å². The van der Waals surface area contributed by atoms with Crippen LogP contribution in [0.1, 0.15) is 13.8 Å². The Hall–Kier alpha value is 0.0700. The molecule has 16 heavy (non-hydrogen) atoms. The second-order valence-electron chi connectivity index (χ2n) is 3.76. The molecule has 1 heterocycles. The minimum absolute atomic E-state index is 0.443. The fourth-order valence-corrected chi connectivity index (χ4v) is 3.41. The predicted octanol–water partition coefficient (Wildman–Crippen LogP) is 1.16. The number of nitrogens with zero attached hydrogens (tertiary/aromatic N) is 1. The van der Waals surface area contributed by atoms with E-state index in [1.165, 1.54) is 0 Å². The van der Waals surface area contributed by atoms with Crippen molar-refractivity contribution in [3.05, 3.63) is 0 Å². The van der Waals surface area contributed by atoms with Crippen LogP contribution in [-0.2, 0) is 13.6 Å². The largest absolute Gasteiger partial charge is 0.331 e. The summed E-state index contributed by atoms with van der Waals surface area (Å²) in [5, 5.41) is 3.29. The van der Waals surface area contributed by atoms with Gasteiger partial charge < -0.3 is 19.3 Å². The van der Waals surface area contributed by atoms with E-state index in [1.54, 1.807) is 0 Å². The molecule has 1 fully saturated rings. The molecule has 0 radical (unpaired) electrons. The van der Waals surface area contributed by atoms with Gasteiger partial charge in [0.15, 0.2) is 0 Å². The highest BCUT2D eigenvalue weighted by atomic mass is 31.2. The second-order valence-corrected chi connectivity index (χ2v) is 5.95. The van der Waals surface area contributed by atoms with Gasteiger partial charge in [0.2, 0.25) is 0 Å². The summed E-state index contributed by atoms with van der Waals surface area (Å²) >= 11 is 0. The molecule has 1 saturated heterocycles. The Labute approximate surface area is 98.0 Å². The lowest BCUT2D eigenvalue weighted by atomic mass is 10.4. The smallest absolute Gasteiger partial charge is 0.314 e. The Morgan fingerprint density at radius 2 is 1.75 bits per heavy atom. The molecule has 0 spiro atoms. The van der Waals surface area contributed by atoms with Crippen molar-refractivity contribution in [1.82, 2.24) is 10.2 Å². The standard InChI is InChI=1S/C10H23N2O3P/c1-3-14-16(13,15-4-2)10-9-12-7-5-11-6-8-12/h11H,3-10H2,1-2H3. The van der Waals surface area contributed by atoms with Crippen LogP contribution in [0.15, 0.2) is 0 Å². The predicted molar refractivity (Wildman–Crippen MR) is 65.0 cm³/mol. The summed E-state index contributed by atoms with van der Waals surface area (Å²) in [6.45, 7) is 9.40. The summed E-state index contributed by atoms with van der Waals surface area (Å²) in [6, 6.07) is 0. The molecule has 0 aromatic rings. The monoisotopic (exact) mass is 250 g/mol. The molecule has 0 atom stereocenters. The molecule has 5 nitrogen and oxygen atoms in total. The van der Waals surface area contributed by atoms with Crippen molar-refractivity contribution in [2.24, 2.45) is 0 Å². The van der Waals surface area contributed by atoms with E-state index in [0.29, 0.717) is 19.4 Å². The van der Waals surface area contributed by atoms with Gasteiger partial charge in [-0.25, -0.2) is 0 Å². The lowest BCUT2D eigenvalue weighted by Crippen LogP contribution is -2.44. The van der Waals surface area contributed by atoms with Crippen LogP contribution in [0.3, 0.4) is 0 Å². The van der Waals surface area contributed by atoms with Crippen molar-refractivity contribution >= 4 is 7.60 Å². The zero-order chi connectivity index (χ0) is 11.9. The van der Waals surface area contributed by atoms with Crippen LogP contribution in [0, 0.1) is 0 Å². The first-order valence-electron chi connectivity index (χ1n) is 6.01. The third-order valence-electron chi connectivity index (χ3n) is 2.55. The minimum atomic E-state index is -2.85. The van der Waals surface area contributed by atoms with Gasteiger partial charge >= 0.3 is 7.60 Å². The molecule has 1 rings (SSSR count). The normalized spacial score (nSPS) is 18.9. The Balaban J connectivity index is 2.33. The molecular formula is C10H23N2O3P. The van der Waals surface area contributed by atoms with Gasteiger partial charge in [-0.15, -0.1) is 0 Å². The highest BCUT2D eigenvalue weighted by Gasteiger charge is 2.24. The van der Waals surface area contributed by atoms with Crippen molar-refractivity contribution in [2.45, 2.75) is 13.8 Å². The first kappa shape index (κ1) is 14.1. The maximum atomic E-state index is 12.2. The highest BCUT2D eigenvalue weighted by molar-refractivity contribution is 7.53. The van der Waals surface area contributed by atoms with Crippen LogP contribution in [0.25, 0.3) is 0 Å². The molecule has 0 amide bonds. The molecule has 0 saturated carbocycles. The van der Waals surface area contributed by atoms with E-state index in [4.69, 9.17) is 9.05 Å². The third kappa shape index (κ3) is 4.93. The number of hydrogen-bond acceptors (Lipinski definition) is 5. The molecule has 96 valence electrons. The van der Waals surface area contributed by atoms with E-state index in [2.05, 4.69) is 10.2 Å². The van der Waals surface area contributed by atoms with Crippen molar-refractivity contribution in [3.8, 4) is 0 Å². The van der Waals surface area contributed by atoms with E-state index in [9.17, 15) is 4.57 Å². The lowest BCUT2D eigenvalue weighted by Gasteiger charge is -2.28. The van der Waals surface area contributed by atoms with Gasteiger partial charge in [-0.2, -0.15) is 0 Å². The maximum absolute atomic E-state index is 12.2.